The Bertz CT molecular complexity index is 115. The number of likely N-dealkylation sites (N-methyl/N-ethyl adjacent to an activating group) is 2. The van der Waals surface area contributed by atoms with Crippen molar-refractivity contribution >= 4 is 11.8 Å². The fourth-order valence-corrected chi connectivity index (χ4v) is 1.57. The van der Waals surface area contributed by atoms with Gasteiger partial charge in [0.25, 0.3) is 0 Å². The molecule has 3 heteroatoms. The lowest BCUT2D eigenvalue weighted by Crippen LogP contribution is -2.46. The summed E-state index contributed by atoms with van der Waals surface area (Å²) in [4.78, 5) is 2.37. The monoisotopic (exact) mass is 190 g/mol. The van der Waals surface area contributed by atoms with Crippen molar-refractivity contribution in [1.82, 2.24) is 10.2 Å². The summed E-state index contributed by atoms with van der Waals surface area (Å²) in [5.41, 5.74) is 0.229. The molecule has 12 heavy (non-hydrogen) atoms. The van der Waals surface area contributed by atoms with Crippen LogP contribution in [0.4, 0.5) is 0 Å². The molecule has 0 aliphatic heterocycles. The summed E-state index contributed by atoms with van der Waals surface area (Å²) in [6.45, 7) is 6.72. The van der Waals surface area contributed by atoms with Gasteiger partial charge in [-0.1, -0.05) is 0 Å². The Hall–Kier alpha value is 0.270. The smallest absolute Gasteiger partial charge is 0.0249 e. The van der Waals surface area contributed by atoms with Crippen LogP contribution in [0.15, 0.2) is 0 Å². The van der Waals surface area contributed by atoms with Crippen molar-refractivity contribution in [3.8, 4) is 0 Å². The van der Waals surface area contributed by atoms with E-state index >= 15 is 0 Å². The summed E-state index contributed by atoms with van der Waals surface area (Å²) in [5, 5.41) is 3.30. The molecule has 0 bridgehead atoms. The van der Waals surface area contributed by atoms with Crippen LogP contribution in [-0.2, 0) is 0 Å². The van der Waals surface area contributed by atoms with Crippen molar-refractivity contribution in [3.05, 3.63) is 0 Å². The topological polar surface area (TPSA) is 15.3 Å². The molecule has 0 aliphatic rings. The summed E-state index contributed by atoms with van der Waals surface area (Å²) >= 11 is 1.90. The Morgan fingerprint density at radius 3 is 2.42 bits per heavy atom. The van der Waals surface area contributed by atoms with Crippen molar-refractivity contribution in [2.45, 2.75) is 19.4 Å². The zero-order valence-corrected chi connectivity index (χ0v) is 9.79. The molecule has 0 fully saturated rings. The quantitative estimate of drug-likeness (QED) is 0.679. The van der Waals surface area contributed by atoms with Gasteiger partial charge in [0, 0.05) is 24.4 Å². The molecule has 0 heterocycles. The summed E-state index contributed by atoms with van der Waals surface area (Å²) < 4.78 is 0. The van der Waals surface area contributed by atoms with E-state index in [2.05, 4.69) is 37.4 Å². The third kappa shape index (κ3) is 5.86. The second-order valence-electron chi connectivity index (χ2n) is 3.86. The fourth-order valence-electron chi connectivity index (χ4n) is 1.08. The van der Waals surface area contributed by atoms with Crippen LogP contribution in [0.25, 0.3) is 0 Å². The minimum atomic E-state index is 0.229. The lowest BCUT2D eigenvalue weighted by molar-refractivity contribution is 0.255. The highest BCUT2D eigenvalue weighted by Crippen LogP contribution is 2.03. The van der Waals surface area contributed by atoms with Crippen LogP contribution in [-0.4, -0.2) is 49.6 Å². The van der Waals surface area contributed by atoms with Gasteiger partial charge < -0.3 is 10.2 Å². The average Bonchev–Trinajstić information content (AvgIpc) is 2.00. The molecule has 0 atom stereocenters. The zero-order valence-electron chi connectivity index (χ0n) is 8.98. The van der Waals surface area contributed by atoms with Crippen molar-refractivity contribution in [2.24, 2.45) is 0 Å². The van der Waals surface area contributed by atoms with Gasteiger partial charge in [0.2, 0.25) is 0 Å². The summed E-state index contributed by atoms with van der Waals surface area (Å²) in [6, 6.07) is 0. The van der Waals surface area contributed by atoms with Gasteiger partial charge in [0.1, 0.15) is 0 Å². The molecular weight excluding hydrogens is 168 g/mol. The molecule has 0 saturated heterocycles. The molecule has 0 unspecified atom stereocenters. The van der Waals surface area contributed by atoms with Gasteiger partial charge in [-0.05, 0) is 34.2 Å². The zero-order chi connectivity index (χ0) is 9.61. The summed E-state index contributed by atoms with van der Waals surface area (Å²) in [5.74, 6) is 1.22. The van der Waals surface area contributed by atoms with Gasteiger partial charge in [0.15, 0.2) is 0 Å². The van der Waals surface area contributed by atoms with E-state index in [1.54, 1.807) is 0 Å². The van der Waals surface area contributed by atoms with Crippen LogP contribution >= 0.6 is 11.8 Å². The molecule has 1 N–H and O–H groups in total. The Balaban J connectivity index is 3.60. The van der Waals surface area contributed by atoms with E-state index in [1.165, 1.54) is 12.3 Å². The first kappa shape index (κ1) is 12.3. The van der Waals surface area contributed by atoms with Crippen LogP contribution < -0.4 is 5.32 Å². The van der Waals surface area contributed by atoms with E-state index in [-0.39, 0.29) is 5.54 Å². The molecule has 74 valence electrons. The van der Waals surface area contributed by atoms with Crippen molar-refractivity contribution in [1.29, 1.82) is 0 Å². The molecule has 0 radical (unpaired) electrons. The molecule has 0 saturated carbocycles. The number of nitrogens with zero attached hydrogens (tertiary/aromatic N) is 1. The number of hydrogen-bond donors (Lipinski definition) is 1. The lowest BCUT2D eigenvalue weighted by Gasteiger charge is -2.29. The number of rotatable bonds is 6. The van der Waals surface area contributed by atoms with Gasteiger partial charge in [-0.15, -0.1) is 0 Å². The van der Waals surface area contributed by atoms with Crippen LogP contribution in [0.2, 0.25) is 0 Å². The van der Waals surface area contributed by atoms with E-state index in [4.69, 9.17) is 0 Å². The predicted octanol–water partition coefficient (Wildman–Crippen LogP) is 1.28. The first-order valence-corrected chi connectivity index (χ1v) is 5.77. The second kappa shape index (κ2) is 5.84. The molecule has 0 rings (SSSR count). The number of nitrogens with one attached hydrogen (secondary N) is 1. The maximum Gasteiger partial charge on any atom is 0.0249 e. The first-order valence-electron chi connectivity index (χ1n) is 4.38. The maximum atomic E-state index is 3.30. The Morgan fingerprint density at radius 2 is 2.00 bits per heavy atom. The van der Waals surface area contributed by atoms with Gasteiger partial charge in [0.05, 0.1) is 0 Å². The normalized spacial score (nSPS) is 12.5. The minimum Gasteiger partial charge on any atom is -0.314 e. The molecule has 0 spiro atoms. The van der Waals surface area contributed by atoms with E-state index in [0.717, 1.165) is 6.54 Å². The molecule has 0 aromatic carbocycles. The highest BCUT2D eigenvalue weighted by Gasteiger charge is 2.16. The van der Waals surface area contributed by atoms with Crippen LogP contribution in [0.5, 0.6) is 0 Å². The minimum absolute atomic E-state index is 0.229. The molecular formula is C9H22N2S. The van der Waals surface area contributed by atoms with Gasteiger partial charge in [-0.25, -0.2) is 0 Å². The SMILES string of the molecule is CNC(C)(C)CN(C)CCSC. The van der Waals surface area contributed by atoms with E-state index in [1.807, 2.05) is 18.8 Å². The molecule has 0 aliphatic carbocycles. The maximum absolute atomic E-state index is 3.30. The van der Waals surface area contributed by atoms with Crippen LogP contribution in [0.1, 0.15) is 13.8 Å². The molecule has 0 aromatic heterocycles. The highest BCUT2D eigenvalue weighted by atomic mass is 32.2. The third-order valence-corrected chi connectivity index (χ3v) is 2.61. The van der Waals surface area contributed by atoms with E-state index in [0.29, 0.717) is 0 Å². The van der Waals surface area contributed by atoms with Crippen LogP contribution in [0, 0.1) is 0 Å². The second-order valence-corrected chi connectivity index (χ2v) is 4.85. The van der Waals surface area contributed by atoms with E-state index < -0.39 is 0 Å². The standard InChI is InChI=1S/C9H22N2S/c1-9(2,10-3)8-11(4)6-7-12-5/h10H,6-8H2,1-5H3. The summed E-state index contributed by atoms with van der Waals surface area (Å²) in [6.07, 6.45) is 2.15. The predicted molar refractivity (Wildman–Crippen MR) is 59.0 cm³/mol. The lowest BCUT2D eigenvalue weighted by atomic mass is 10.1. The Morgan fingerprint density at radius 1 is 1.42 bits per heavy atom. The largest absolute Gasteiger partial charge is 0.314 e. The molecule has 0 amide bonds. The number of thioether (sulfide) groups is 1. The van der Waals surface area contributed by atoms with Crippen LogP contribution in [0.3, 0.4) is 0 Å². The number of hydrogen-bond acceptors (Lipinski definition) is 3. The highest BCUT2D eigenvalue weighted by molar-refractivity contribution is 7.98. The van der Waals surface area contributed by atoms with E-state index in [9.17, 15) is 0 Å². The Labute approximate surface area is 81.1 Å². The van der Waals surface area contributed by atoms with Gasteiger partial charge >= 0.3 is 0 Å². The summed E-state index contributed by atoms with van der Waals surface area (Å²) in [7, 11) is 4.19. The Kier molecular flexibility index (Phi) is 5.97. The molecule has 0 aromatic rings. The average molecular weight is 190 g/mol. The van der Waals surface area contributed by atoms with Gasteiger partial charge in [-0.3, -0.25) is 0 Å². The van der Waals surface area contributed by atoms with Crippen molar-refractivity contribution in [3.63, 3.8) is 0 Å². The van der Waals surface area contributed by atoms with Gasteiger partial charge in [-0.2, -0.15) is 11.8 Å². The van der Waals surface area contributed by atoms with Crippen molar-refractivity contribution < 1.29 is 0 Å². The molecule has 2 nitrogen and oxygen atoms in total. The van der Waals surface area contributed by atoms with Crippen molar-refractivity contribution in [2.75, 3.05) is 39.2 Å². The third-order valence-electron chi connectivity index (χ3n) is 2.02. The first-order chi connectivity index (χ1) is 5.52. The fraction of sp³-hybridized carbons (Fsp3) is 1.00.